The third-order valence-corrected chi connectivity index (χ3v) is 6.88. The van der Waals surface area contributed by atoms with E-state index in [1.807, 2.05) is 37.4 Å². The van der Waals surface area contributed by atoms with Crippen LogP contribution in [0.15, 0.2) is 48.7 Å². The van der Waals surface area contributed by atoms with Crippen LogP contribution in [-0.4, -0.2) is 18.0 Å². The molecular formula is C26H28N2O2. The van der Waals surface area contributed by atoms with E-state index in [0.29, 0.717) is 17.2 Å². The average molecular weight is 401 g/mol. The van der Waals surface area contributed by atoms with Crippen LogP contribution >= 0.6 is 0 Å². The van der Waals surface area contributed by atoms with E-state index in [1.54, 1.807) is 7.11 Å². The lowest BCUT2D eigenvalue weighted by Crippen LogP contribution is -2.35. The Bertz CT molecular complexity index is 1110. The van der Waals surface area contributed by atoms with Crippen LogP contribution in [0.3, 0.4) is 0 Å². The SMILES string of the molecule is COc1ccc(C)c(C(=O)NC2(c3cc(C4CCCC4)cc4ncccc34)CC2)c1. The lowest BCUT2D eigenvalue weighted by molar-refractivity contribution is 0.0930. The normalized spacial score (nSPS) is 17.8. The molecule has 5 rings (SSSR count). The first kappa shape index (κ1) is 19.1. The zero-order valence-corrected chi connectivity index (χ0v) is 17.7. The number of benzene rings is 2. The molecular weight excluding hydrogens is 372 g/mol. The first-order valence-electron chi connectivity index (χ1n) is 11.0. The number of ether oxygens (including phenoxy) is 1. The van der Waals surface area contributed by atoms with Gasteiger partial charge in [0.15, 0.2) is 0 Å². The fourth-order valence-corrected chi connectivity index (χ4v) is 4.94. The van der Waals surface area contributed by atoms with Gasteiger partial charge in [0.25, 0.3) is 5.91 Å². The topological polar surface area (TPSA) is 51.2 Å². The summed E-state index contributed by atoms with van der Waals surface area (Å²) in [5.41, 5.74) is 4.97. The van der Waals surface area contributed by atoms with E-state index >= 15 is 0 Å². The first-order chi connectivity index (χ1) is 14.6. The largest absolute Gasteiger partial charge is 0.497 e. The van der Waals surface area contributed by atoms with Crippen molar-refractivity contribution < 1.29 is 9.53 Å². The molecule has 0 atom stereocenters. The molecule has 0 saturated heterocycles. The third-order valence-electron chi connectivity index (χ3n) is 6.88. The van der Waals surface area contributed by atoms with E-state index in [9.17, 15) is 4.79 Å². The van der Waals surface area contributed by atoms with Gasteiger partial charge in [0.2, 0.25) is 0 Å². The van der Waals surface area contributed by atoms with Crippen molar-refractivity contribution in [3.05, 3.63) is 70.9 Å². The summed E-state index contributed by atoms with van der Waals surface area (Å²) in [6.07, 6.45) is 8.89. The van der Waals surface area contributed by atoms with Gasteiger partial charge in [0, 0.05) is 17.1 Å². The second-order valence-corrected chi connectivity index (χ2v) is 8.84. The van der Waals surface area contributed by atoms with Crippen molar-refractivity contribution in [1.29, 1.82) is 0 Å². The fraction of sp³-hybridized carbons (Fsp3) is 0.385. The van der Waals surface area contributed by atoms with Crippen molar-refractivity contribution >= 4 is 16.8 Å². The number of carbonyl (C=O) groups is 1. The molecule has 1 amide bonds. The number of nitrogens with one attached hydrogen (secondary N) is 1. The molecule has 2 aliphatic carbocycles. The maximum Gasteiger partial charge on any atom is 0.252 e. The maximum atomic E-state index is 13.3. The Morgan fingerprint density at radius 1 is 1.13 bits per heavy atom. The van der Waals surface area contributed by atoms with Crippen molar-refractivity contribution in [1.82, 2.24) is 10.3 Å². The second kappa shape index (κ2) is 7.42. The van der Waals surface area contributed by atoms with Crippen LogP contribution in [-0.2, 0) is 5.54 Å². The number of aryl methyl sites for hydroxylation is 1. The molecule has 0 spiro atoms. The number of rotatable bonds is 5. The summed E-state index contributed by atoms with van der Waals surface area (Å²) in [6, 6.07) is 14.4. The van der Waals surface area contributed by atoms with Crippen LogP contribution in [0.2, 0.25) is 0 Å². The predicted octanol–water partition coefficient (Wildman–Crippen LogP) is 5.63. The first-order valence-corrected chi connectivity index (χ1v) is 11.0. The van der Waals surface area contributed by atoms with Gasteiger partial charge in [-0.15, -0.1) is 0 Å². The van der Waals surface area contributed by atoms with E-state index in [4.69, 9.17) is 4.74 Å². The minimum atomic E-state index is -0.303. The molecule has 2 aliphatic rings. The number of pyridine rings is 1. The van der Waals surface area contributed by atoms with Crippen LogP contribution in [0.5, 0.6) is 5.75 Å². The summed E-state index contributed by atoms with van der Waals surface area (Å²) < 4.78 is 5.33. The molecule has 2 fully saturated rings. The summed E-state index contributed by atoms with van der Waals surface area (Å²) in [6.45, 7) is 1.97. The highest BCUT2D eigenvalue weighted by Crippen LogP contribution is 2.49. The highest BCUT2D eigenvalue weighted by atomic mass is 16.5. The van der Waals surface area contributed by atoms with Crippen LogP contribution in [0.4, 0.5) is 0 Å². The van der Waals surface area contributed by atoms with Crippen LogP contribution < -0.4 is 10.1 Å². The summed E-state index contributed by atoms with van der Waals surface area (Å²) in [5, 5.41) is 4.53. The lowest BCUT2D eigenvalue weighted by Gasteiger charge is -2.23. The molecule has 0 bridgehead atoms. The Hall–Kier alpha value is -2.88. The van der Waals surface area contributed by atoms with Gasteiger partial charge in [0.1, 0.15) is 5.75 Å². The quantitative estimate of drug-likeness (QED) is 0.604. The highest BCUT2D eigenvalue weighted by Gasteiger charge is 2.47. The van der Waals surface area contributed by atoms with Gasteiger partial charge in [0.05, 0.1) is 18.2 Å². The van der Waals surface area contributed by atoms with Gasteiger partial charge < -0.3 is 10.1 Å². The number of hydrogen-bond acceptors (Lipinski definition) is 3. The van der Waals surface area contributed by atoms with Gasteiger partial charge in [-0.1, -0.05) is 31.0 Å². The van der Waals surface area contributed by atoms with E-state index < -0.39 is 0 Å². The molecule has 3 aromatic rings. The number of aromatic nitrogens is 1. The fourth-order valence-electron chi connectivity index (χ4n) is 4.94. The van der Waals surface area contributed by atoms with Crippen LogP contribution in [0, 0.1) is 6.92 Å². The summed E-state index contributed by atoms with van der Waals surface area (Å²) >= 11 is 0. The molecule has 4 nitrogen and oxygen atoms in total. The number of carbonyl (C=O) groups excluding carboxylic acids is 1. The molecule has 4 heteroatoms. The van der Waals surface area contributed by atoms with Crippen molar-refractivity contribution in [3.8, 4) is 5.75 Å². The predicted molar refractivity (Wildman–Crippen MR) is 119 cm³/mol. The van der Waals surface area contributed by atoms with E-state index in [-0.39, 0.29) is 11.4 Å². The lowest BCUT2D eigenvalue weighted by atomic mass is 9.90. The molecule has 0 unspecified atom stereocenters. The van der Waals surface area contributed by atoms with E-state index in [0.717, 1.165) is 29.3 Å². The molecule has 1 heterocycles. The Morgan fingerprint density at radius 2 is 1.93 bits per heavy atom. The minimum absolute atomic E-state index is 0.0350. The monoisotopic (exact) mass is 400 g/mol. The Balaban J connectivity index is 1.54. The van der Waals surface area contributed by atoms with Crippen LogP contribution in [0.1, 0.15) is 71.5 Å². The molecule has 0 aliphatic heterocycles. The van der Waals surface area contributed by atoms with Gasteiger partial charge >= 0.3 is 0 Å². The maximum absolute atomic E-state index is 13.3. The number of hydrogen-bond donors (Lipinski definition) is 1. The smallest absolute Gasteiger partial charge is 0.252 e. The average Bonchev–Trinajstić information content (AvgIpc) is 3.33. The van der Waals surface area contributed by atoms with E-state index in [2.05, 4.69) is 28.5 Å². The summed E-state index contributed by atoms with van der Waals surface area (Å²) in [7, 11) is 1.63. The summed E-state index contributed by atoms with van der Waals surface area (Å²) in [4.78, 5) is 17.9. The molecule has 154 valence electrons. The van der Waals surface area contributed by atoms with Gasteiger partial charge in [-0.3, -0.25) is 9.78 Å². The van der Waals surface area contributed by atoms with Gasteiger partial charge in [-0.2, -0.15) is 0 Å². The van der Waals surface area contributed by atoms with Gasteiger partial charge in [-0.05, 0) is 79.5 Å². The molecule has 1 N–H and O–H groups in total. The highest BCUT2D eigenvalue weighted by molar-refractivity contribution is 5.97. The standard InChI is InChI=1S/C26H28N2O2/c1-17-9-10-20(30-2)16-22(17)25(29)28-26(11-12-26)23-14-19(18-6-3-4-7-18)15-24-21(23)8-5-13-27-24/h5,8-10,13-16,18H,3-4,6-7,11-12H2,1-2H3,(H,28,29). The Kier molecular flexibility index (Phi) is 4.73. The van der Waals surface area contributed by atoms with Crippen molar-refractivity contribution in [2.75, 3.05) is 7.11 Å². The van der Waals surface area contributed by atoms with Crippen LogP contribution in [0.25, 0.3) is 10.9 Å². The van der Waals surface area contributed by atoms with Gasteiger partial charge in [-0.25, -0.2) is 0 Å². The Labute approximate surface area is 177 Å². The van der Waals surface area contributed by atoms with Crippen molar-refractivity contribution in [2.45, 2.75) is 56.9 Å². The minimum Gasteiger partial charge on any atom is -0.497 e. The molecule has 30 heavy (non-hydrogen) atoms. The van der Waals surface area contributed by atoms with Crippen molar-refractivity contribution in [3.63, 3.8) is 0 Å². The third kappa shape index (κ3) is 3.34. The number of amides is 1. The second-order valence-electron chi connectivity index (χ2n) is 8.84. The molecule has 0 radical (unpaired) electrons. The molecule has 1 aromatic heterocycles. The molecule has 2 aromatic carbocycles. The van der Waals surface area contributed by atoms with Crippen molar-refractivity contribution in [2.24, 2.45) is 0 Å². The molecule has 2 saturated carbocycles. The zero-order chi connectivity index (χ0) is 20.7. The number of fused-ring (bicyclic) bond motifs is 1. The van der Waals surface area contributed by atoms with E-state index in [1.165, 1.54) is 36.8 Å². The summed E-state index contributed by atoms with van der Waals surface area (Å²) in [5.74, 6) is 1.28. The number of nitrogens with zero attached hydrogens (tertiary/aromatic N) is 1. The Morgan fingerprint density at radius 3 is 2.67 bits per heavy atom. The number of methoxy groups -OCH3 is 1. The zero-order valence-electron chi connectivity index (χ0n) is 17.7.